The zero-order valence-electron chi connectivity index (χ0n) is 12.8. The molecule has 0 radical (unpaired) electrons. The van der Waals surface area contributed by atoms with E-state index in [-0.39, 0.29) is 23.6 Å². The number of hydrogen-bond acceptors (Lipinski definition) is 4. The molecule has 118 valence electrons. The first-order chi connectivity index (χ1) is 9.66. The fourth-order valence-electron chi connectivity index (χ4n) is 1.59. The Morgan fingerprint density at radius 3 is 2.43 bits per heavy atom. The molecule has 21 heavy (non-hydrogen) atoms. The van der Waals surface area contributed by atoms with Crippen LogP contribution in [0.25, 0.3) is 0 Å². The SMILES string of the molecule is CCS(=O)(=O)Nc1ccc(NC(=O)C(C)C(C)N)cc1C. The number of nitrogens with one attached hydrogen (secondary N) is 2. The third-order valence-electron chi connectivity index (χ3n) is 3.34. The van der Waals surface area contributed by atoms with Crippen LogP contribution in [0.1, 0.15) is 26.3 Å². The molecule has 0 aliphatic carbocycles. The van der Waals surface area contributed by atoms with Gasteiger partial charge in [0.1, 0.15) is 0 Å². The van der Waals surface area contributed by atoms with Gasteiger partial charge in [0, 0.05) is 11.7 Å². The maximum absolute atomic E-state index is 11.9. The first kappa shape index (κ1) is 17.5. The standard InChI is InChI=1S/C14H23N3O3S/c1-5-21(19,20)17-13-7-6-12(8-9(13)2)16-14(18)10(3)11(4)15/h6-8,10-11,17H,5,15H2,1-4H3,(H,16,18). The average molecular weight is 313 g/mol. The highest BCUT2D eigenvalue weighted by Gasteiger charge is 2.17. The molecule has 0 aromatic heterocycles. The van der Waals surface area contributed by atoms with Crippen LogP contribution in [0, 0.1) is 12.8 Å². The second-order valence-corrected chi connectivity index (χ2v) is 7.18. The first-order valence-electron chi connectivity index (χ1n) is 6.84. The number of amides is 1. The van der Waals surface area contributed by atoms with E-state index in [9.17, 15) is 13.2 Å². The van der Waals surface area contributed by atoms with Crippen LogP contribution < -0.4 is 15.8 Å². The summed E-state index contributed by atoms with van der Waals surface area (Å²) in [5, 5.41) is 2.77. The van der Waals surface area contributed by atoms with E-state index in [1.165, 1.54) is 0 Å². The molecule has 0 heterocycles. The van der Waals surface area contributed by atoms with Gasteiger partial charge in [-0.1, -0.05) is 6.92 Å². The number of sulfonamides is 1. The Morgan fingerprint density at radius 1 is 1.33 bits per heavy atom. The molecule has 1 aromatic carbocycles. The van der Waals surface area contributed by atoms with Gasteiger partial charge in [0.15, 0.2) is 0 Å². The molecule has 0 spiro atoms. The van der Waals surface area contributed by atoms with Gasteiger partial charge in [-0.2, -0.15) is 0 Å². The molecule has 0 fully saturated rings. The van der Waals surface area contributed by atoms with Gasteiger partial charge in [-0.05, 0) is 44.5 Å². The van der Waals surface area contributed by atoms with Crippen molar-refractivity contribution in [2.75, 3.05) is 15.8 Å². The smallest absolute Gasteiger partial charge is 0.232 e. The van der Waals surface area contributed by atoms with Gasteiger partial charge in [-0.25, -0.2) is 8.42 Å². The van der Waals surface area contributed by atoms with Gasteiger partial charge >= 0.3 is 0 Å². The zero-order valence-corrected chi connectivity index (χ0v) is 13.6. The minimum absolute atomic E-state index is 0.0107. The number of nitrogens with two attached hydrogens (primary N) is 1. The maximum Gasteiger partial charge on any atom is 0.232 e. The van der Waals surface area contributed by atoms with Gasteiger partial charge < -0.3 is 11.1 Å². The van der Waals surface area contributed by atoms with E-state index in [0.29, 0.717) is 11.4 Å². The van der Waals surface area contributed by atoms with Gasteiger partial charge in [-0.15, -0.1) is 0 Å². The fraction of sp³-hybridized carbons (Fsp3) is 0.500. The minimum atomic E-state index is -3.31. The minimum Gasteiger partial charge on any atom is -0.327 e. The van der Waals surface area contributed by atoms with Crippen molar-refractivity contribution in [2.45, 2.75) is 33.7 Å². The van der Waals surface area contributed by atoms with E-state index < -0.39 is 10.0 Å². The summed E-state index contributed by atoms with van der Waals surface area (Å²) in [6.07, 6.45) is 0. The number of rotatable bonds is 6. The molecule has 7 heteroatoms. The van der Waals surface area contributed by atoms with Crippen molar-refractivity contribution in [3.8, 4) is 0 Å². The molecule has 0 aliphatic heterocycles. The third-order valence-corrected chi connectivity index (χ3v) is 4.63. The molecular weight excluding hydrogens is 290 g/mol. The summed E-state index contributed by atoms with van der Waals surface area (Å²) >= 11 is 0. The maximum atomic E-state index is 11.9. The van der Waals surface area contributed by atoms with E-state index >= 15 is 0 Å². The van der Waals surface area contributed by atoms with Crippen molar-refractivity contribution in [1.82, 2.24) is 0 Å². The van der Waals surface area contributed by atoms with Crippen LogP contribution in [0.5, 0.6) is 0 Å². The molecule has 0 bridgehead atoms. The van der Waals surface area contributed by atoms with Crippen molar-refractivity contribution >= 4 is 27.3 Å². The predicted molar refractivity (Wildman–Crippen MR) is 85.7 cm³/mol. The van der Waals surface area contributed by atoms with E-state index in [0.717, 1.165) is 5.56 Å². The van der Waals surface area contributed by atoms with Crippen molar-refractivity contribution in [3.63, 3.8) is 0 Å². The number of aryl methyl sites for hydroxylation is 1. The first-order valence-corrected chi connectivity index (χ1v) is 8.49. The zero-order chi connectivity index (χ0) is 16.2. The number of carbonyl (C=O) groups excluding carboxylic acids is 1. The van der Waals surface area contributed by atoms with Gasteiger partial charge in [0.2, 0.25) is 15.9 Å². The quantitative estimate of drug-likeness (QED) is 0.743. The number of anilines is 2. The topological polar surface area (TPSA) is 101 Å². The van der Waals surface area contributed by atoms with Crippen molar-refractivity contribution in [1.29, 1.82) is 0 Å². The molecule has 1 amide bonds. The molecule has 6 nitrogen and oxygen atoms in total. The molecule has 2 atom stereocenters. The predicted octanol–water partition coefficient (Wildman–Crippen LogP) is 1.68. The third kappa shape index (κ3) is 5.02. The number of carbonyl (C=O) groups is 1. The van der Waals surface area contributed by atoms with Gasteiger partial charge in [0.05, 0.1) is 17.4 Å². The lowest BCUT2D eigenvalue weighted by atomic mass is 10.0. The lowest BCUT2D eigenvalue weighted by molar-refractivity contribution is -0.119. The Morgan fingerprint density at radius 2 is 1.95 bits per heavy atom. The lowest BCUT2D eigenvalue weighted by Crippen LogP contribution is -2.34. The summed E-state index contributed by atoms with van der Waals surface area (Å²) in [4.78, 5) is 11.9. The highest BCUT2D eigenvalue weighted by Crippen LogP contribution is 2.21. The van der Waals surface area contributed by atoms with Crippen LogP contribution >= 0.6 is 0 Å². The van der Waals surface area contributed by atoms with E-state index in [1.807, 2.05) is 0 Å². The summed E-state index contributed by atoms with van der Waals surface area (Å²) in [5.41, 5.74) is 7.55. The van der Waals surface area contributed by atoms with E-state index in [2.05, 4.69) is 10.0 Å². The summed E-state index contributed by atoms with van der Waals surface area (Å²) in [6.45, 7) is 6.88. The number of hydrogen-bond donors (Lipinski definition) is 3. The Bertz CT molecular complexity index is 612. The van der Waals surface area contributed by atoms with Gasteiger partial charge in [-0.3, -0.25) is 9.52 Å². The summed E-state index contributed by atoms with van der Waals surface area (Å²) in [5.74, 6) is -0.452. The Kier molecular flexibility index (Phi) is 5.74. The summed E-state index contributed by atoms with van der Waals surface area (Å²) in [7, 11) is -3.31. The van der Waals surface area contributed by atoms with Crippen molar-refractivity contribution < 1.29 is 13.2 Å². The normalized spacial score (nSPS) is 14.3. The Balaban J connectivity index is 2.86. The second-order valence-electron chi connectivity index (χ2n) is 5.17. The molecule has 4 N–H and O–H groups in total. The molecule has 1 aromatic rings. The number of benzene rings is 1. The van der Waals surface area contributed by atoms with Gasteiger partial charge in [0.25, 0.3) is 0 Å². The largest absolute Gasteiger partial charge is 0.327 e. The molecule has 0 saturated carbocycles. The van der Waals surface area contributed by atoms with Crippen LogP contribution in [-0.4, -0.2) is 26.1 Å². The molecule has 0 aliphatic rings. The van der Waals surface area contributed by atoms with E-state index in [1.54, 1.807) is 45.9 Å². The molecular formula is C14H23N3O3S. The Labute approximate surface area is 126 Å². The second kappa shape index (κ2) is 6.91. The van der Waals surface area contributed by atoms with Crippen LogP contribution in [0.4, 0.5) is 11.4 Å². The van der Waals surface area contributed by atoms with Crippen LogP contribution in [0.2, 0.25) is 0 Å². The molecule has 1 rings (SSSR count). The van der Waals surface area contributed by atoms with Crippen LogP contribution in [0.3, 0.4) is 0 Å². The summed E-state index contributed by atoms with van der Waals surface area (Å²) in [6, 6.07) is 4.78. The summed E-state index contributed by atoms with van der Waals surface area (Å²) < 4.78 is 25.6. The lowest BCUT2D eigenvalue weighted by Gasteiger charge is -2.16. The monoisotopic (exact) mass is 313 g/mol. The molecule has 0 saturated heterocycles. The highest BCUT2D eigenvalue weighted by atomic mass is 32.2. The Hall–Kier alpha value is -1.60. The fourth-order valence-corrected chi connectivity index (χ4v) is 2.30. The van der Waals surface area contributed by atoms with Crippen LogP contribution in [-0.2, 0) is 14.8 Å². The van der Waals surface area contributed by atoms with Crippen molar-refractivity contribution in [3.05, 3.63) is 23.8 Å². The highest BCUT2D eigenvalue weighted by molar-refractivity contribution is 7.92. The van der Waals surface area contributed by atoms with E-state index in [4.69, 9.17) is 5.73 Å². The van der Waals surface area contributed by atoms with Crippen LogP contribution in [0.15, 0.2) is 18.2 Å². The van der Waals surface area contributed by atoms with Crippen molar-refractivity contribution in [2.24, 2.45) is 11.7 Å². The average Bonchev–Trinajstić information content (AvgIpc) is 2.40. The molecule has 2 unspecified atom stereocenters.